The Bertz CT molecular complexity index is 915. The van der Waals surface area contributed by atoms with Crippen LogP contribution in [0.15, 0.2) is 54.6 Å². The Balaban J connectivity index is 1.94. The number of alkyl halides is 3. The van der Waals surface area contributed by atoms with Crippen molar-refractivity contribution in [1.82, 2.24) is 4.98 Å². The highest BCUT2D eigenvalue weighted by molar-refractivity contribution is 6.30. The van der Waals surface area contributed by atoms with Gasteiger partial charge in [0.05, 0.1) is 0 Å². The van der Waals surface area contributed by atoms with E-state index in [1.165, 1.54) is 0 Å². The molecule has 0 saturated heterocycles. The Labute approximate surface area is 161 Å². The Hall–Kier alpha value is -1.98. The third-order valence-electron chi connectivity index (χ3n) is 4.94. The van der Waals surface area contributed by atoms with Gasteiger partial charge < -0.3 is 10.1 Å². The van der Waals surface area contributed by atoms with E-state index in [9.17, 15) is 18.3 Å². The van der Waals surface area contributed by atoms with Crippen LogP contribution < -0.4 is 0 Å². The van der Waals surface area contributed by atoms with E-state index in [-0.39, 0.29) is 0 Å². The molecule has 0 aliphatic rings. The minimum atomic E-state index is -4.78. The molecule has 2 aromatic carbocycles. The Kier molecular flexibility index (Phi) is 5.04. The number of hydrogen-bond acceptors (Lipinski definition) is 1. The second-order valence-corrected chi connectivity index (χ2v) is 8.10. The highest BCUT2D eigenvalue weighted by Gasteiger charge is 2.56. The molecule has 0 aliphatic carbocycles. The summed E-state index contributed by atoms with van der Waals surface area (Å²) in [6.07, 6.45) is -5.81. The first-order valence-corrected chi connectivity index (χ1v) is 9.00. The largest absolute Gasteiger partial charge is 0.417 e. The van der Waals surface area contributed by atoms with Crippen LogP contribution in [0.5, 0.6) is 0 Å². The first-order chi connectivity index (χ1) is 12.5. The third kappa shape index (κ3) is 4.14. The quantitative estimate of drug-likeness (QED) is 0.544. The Morgan fingerprint density at radius 2 is 1.70 bits per heavy atom. The van der Waals surface area contributed by atoms with E-state index in [4.69, 9.17) is 11.6 Å². The van der Waals surface area contributed by atoms with Crippen molar-refractivity contribution in [3.63, 3.8) is 0 Å². The van der Waals surface area contributed by atoms with Gasteiger partial charge >= 0.3 is 6.18 Å². The highest BCUT2D eigenvalue weighted by atomic mass is 35.5. The molecule has 6 heteroatoms. The van der Waals surface area contributed by atoms with Crippen LogP contribution >= 0.6 is 11.6 Å². The van der Waals surface area contributed by atoms with Gasteiger partial charge in [0.25, 0.3) is 0 Å². The van der Waals surface area contributed by atoms with Crippen LogP contribution in [0.4, 0.5) is 13.2 Å². The van der Waals surface area contributed by atoms with Gasteiger partial charge in [-0.3, -0.25) is 0 Å². The van der Waals surface area contributed by atoms with E-state index in [0.717, 1.165) is 10.9 Å². The summed E-state index contributed by atoms with van der Waals surface area (Å²) >= 11 is 6.00. The van der Waals surface area contributed by atoms with Gasteiger partial charge in [-0.2, -0.15) is 13.2 Å². The van der Waals surface area contributed by atoms with Crippen molar-refractivity contribution in [3.8, 4) is 0 Å². The smallest absolute Gasteiger partial charge is 0.380 e. The molecule has 27 heavy (non-hydrogen) atoms. The van der Waals surface area contributed by atoms with Crippen LogP contribution in [0.1, 0.15) is 31.5 Å². The number of aromatic nitrogens is 1. The molecule has 1 atom stereocenters. The normalized spacial score (nSPS) is 15.1. The summed E-state index contributed by atoms with van der Waals surface area (Å²) in [7, 11) is 0. The molecule has 0 saturated carbocycles. The summed E-state index contributed by atoms with van der Waals surface area (Å²) in [5.41, 5.74) is -2.07. The number of rotatable bonds is 5. The molecule has 1 heterocycles. The molecule has 3 aromatic rings. The minimum absolute atomic E-state index is 0.345. The van der Waals surface area contributed by atoms with Crippen LogP contribution in [0.25, 0.3) is 10.9 Å². The topological polar surface area (TPSA) is 36.0 Å². The number of benzene rings is 2. The van der Waals surface area contributed by atoms with Crippen molar-refractivity contribution >= 4 is 22.5 Å². The van der Waals surface area contributed by atoms with Crippen molar-refractivity contribution in [1.29, 1.82) is 0 Å². The van der Waals surface area contributed by atoms with Crippen LogP contribution in [-0.2, 0) is 11.8 Å². The van der Waals surface area contributed by atoms with Gasteiger partial charge in [0.2, 0.25) is 0 Å². The summed E-state index contributed by atoms with van der Waals surface area (Å²) in [6, 6.07) is 15.6. The molecule has 2 N–H and O–H groups in total. The fraction of sp³-hybridized carbons (Fsp3) is 0.333. The second-order valence-electron chi connectivity index (χ2n) is 7.66. The summed E-state index contributed by atoms with van der Waals surface area (Å²) in [5, 5.41) is 12.0. The van der Waals surface area contributed by atoms with Gasteiger partial charge in [0.1, 0.15) is 0 Å². The van der Waals surface area contributed by atoms with Gasteiger partial charge in [-0.1, -0.05) is 55.8 Å². The van der Waals surface area contributed by atoms with Crippen molar-refractivity contribution < 1.29 is 18.3 Å². The maximum atomic E-state index is 13.9. The molecule has 144 valence electrons. The maximum Gasteiger partial charge on any atom is 0.417 e. The lowest BCUT2D eigenvalue weighted by Gasteiger charge is -2.38. The fourth-order valence-corrected chi connectivity index (χ4v) is 3.74. The van der Waals surface area contributed by atoms with Gasteiger partial charge in [-0.05, 0) is 47.1 Å². The van der Waals surface area contributed by atoms with Crippen LogP contribution in [0.2, 0.25) is 5.02 Å². The van der Waals surface area contributed by atoms with E-state index in [1.54, 1.807) is 56.3 Å². The van der Waals surface area contributed by atoms with E-state index in [1.807, 2.05) is 12.1 Å². The molecule has 0 amide bonds. The average molecular weight is 396 g/mol. The van der Waals surface area contributed by atoms with Gasteiger partial charge in [0.15, 0.2) is 5.60 Å². The van der Waals surface area contributed by atoms with Crippen molar-refractivity contribution in [2.24, 2.45) is 0 Å². The van der Waals surface area contributed by atoms with Gasteiger partial charge in [0, 0.05) is 22.7 Å². The number of hydrogen-bond donors (Lipinski definition) is 2. The number of aromatic amines is 1. The molecule has 0 radical (unpaired) electrons. The molecule has 0 aliphatic heterocycles. The number of aliphatic hydroxyl groups is 1. The minimum Gasteiger partial charge on any atom is -0.380 e. The lowest BCUT2D eigenvalue weighted by Crippen LogP contribution is -2.50. The number of fused-ring (bicyclic) bond motifs is 1. The molecule has 0 spiro atoms. The number of halogens is 4. The molecule has 2 nitrogen and oxygen atoms in total. The van der Waals surface area contributed by atoms with Crippen LogP contribution in [0.3, 0.4) is 0 Å². The lowest BCUT2D eigenvalue weighted by atomic mass is 9.73. The standard InChI is InChI=1S/C21H21ClF3NO/c1-19(2,15-7-5-8-16(22)11-15)13-20(27,21(23,24)25)12-17-10-14-6-3-4-9-18(14)26-17/h3-11,26-27H,12-13H2,1-2H3. The van der Waals surface area contributed by atoms with E-state index in [0.29, 0.717) is 16.3 Å². The first kappa shape index (κ1) is 19.8. The number of para-hydroxylation sites is 1. The van der Waals surface area contributed by atoms with Crippen molar-refractivity contribution in [2.75, 3.05) is 0 Å². The molecule has 0 bridgehead atoms. The summed E-state index contributed by atoms with van der Waals surface area (Å²) in [6.45, 7) is 3.36. The maximum absolute atomic E-state index is 13.9. The van der Waals surface area contributed by atoms with Gasteiger partial charge in [-0.25, -0.2) is 0 Å². The molecule has 3 rings (SSSR count). The summed E-state index contributed by atoms with van der Waals surface area (Å²) in [5.74, 6) is 0. The highest BCUT2D eigenvalue weighted by Crippen LogP contribution is 2.43. The Morgan fingerprint density at radius 1 is 1.00 bits per heavy atom. The van der Waals surface area contributed by atoms with Crippen LogP contribution in [0, 0.1) is 0 Å². The fourth-order valence-electron chi connectivity index (χ4n) is 3.55. The van der Waals surface area contributed by atoms with Crippen molar-refractivity contribution in [3.05, 3.63) is 70.9 Å². The average Bonchev–Trinajstić information content (AvgIpc) is 2.95. The van der Waals surface area contributed by atoms with Gasteiger partial charge in [-0.15, -0.1) is 0 Å². The third-order valence-corrected chi connectivity index (χ3v) is 5.17. The zero-order valence-corrected chi connectivity index (χ0v) is 15.8. The van der Waals surface area contributed by atoms with E-state index in [2.05, 4.69) is 4.98 Å². The molecular formula is C21H21ClF3NO. The lowest BCUT2D eigenvalue weighted by molar-refractivity contribution is -0.266. The zero-order chi connectivity index (χ0) is 19.9. The van der Waals surface area contributed by atoms with Crippen LogP contribution in [-0.4, -0.2) is 21.9 Å². The van der Waals surface area contributed by atoms with Crippen molar-refractivity contribution in [2.45, 2.75) is 43.9 Å². The molecule has 1 unspecified atom stereocenters. The SMILES string of the molecule is CC(C)(CC(O)(Cc1cc2ccccc2[nH]1)C(F)(F)F)c1cccc(Cl)c1. The zero-order valence-electron chi connectivity index (χ0n) is 15.1. The number of H-pyrrole nitrogens is 1. The Morgan fingerprint density at radius 3 is 2.33 bits per heavy atom. The molecule has 0 fully saturated rings. The monoisotopic (exact) mass is 395 g/mol. The predicted molar refractivity (Wildman–Crippen MR) is 102 cm³/mol. The summed E-state index contributed by atoms with van der Waals surface area (Å²) < 4.78 is 41.6. The predicted octanol–water partition coefficient (Wildman–Crippen LogP) is 6.03. The molecule has 1 aromatic heterocycles. The second kappa shape index (κ2) is 6.88. The van der Waals surface area contributed by atoms with E-state index < -0.39 is 30.0 Å². The first-order valence-electron chi connectivity index (χ1n) is 8.62. The summed E-state index contributed by atoms with van der Waals surface area (Å²) in [4.78, 5) is 2.98. The van der Waals surface area contributed by atoms with E-state index >= 15 is 0 Å². The number of nitrogens with one attached hydrogen (secondary N) is 1. The molecular weight excluding hydrogens is 375 g/mol.